The molecule has 6 heteroatoms. The number of allylic oxidation sites excluding steroid dienone is 14. The molecule has 0 saturated heterocycles. The van der Waals surface area contributed by atoms with Gasteiger partial charge in [-0.2, -0.15) is 0 Å². The summed E-state index contributed by atoms with van der Waals surface area (Å²) in [6.07, 6.45) is 44.5. The van der Waals surface area contributed by atoms with Gasteiger partial charge in [-0.1, -0.05) is 106 Å². The third-order valence-corrected chi connectivity index (χ3v) is 7.13. The van der Waals surface area contributed by atoms with Gasteiger partial charge in [-0.3, -0.25) is 14.4 Å². The smallest absolute Gasteiger partial charge is 0.306 e. The number of rotatable bonds is 31. The Morgan fingerprint density at radius 3 is 1.08 bits per heavy atom. The van der Waals surface area contributed by atoms with E-state index in [4.69, 9.17) is 14.2 Å². The molecule has 0 aliphatic rings. The largest absolute Gasteiger partial charge is 0.462 e. The lowest BCUT2D eigenvalue weighted by Gasteiger charge is -2.18. The number of carbonyl (C=O) groups excluding carboxylic acids is 3. The zero-order chi connectivity index (χ0) is 35.2. The van der Waals surface area contributed by atoms with Gasteiger partial charge in [-0.05, 0) is 103 Å². The van der Waals surface area contributed by atoms with Crippen LogP contribution in [0.15, 0.2) is 85.1 Å². The molecule has 0 heterocycles. The average molecular weight is 667 g/mol. The molecule has 270 valence electrons. The highest BCUT2D eigenvalue weighted by Crippen LogP contribution is 2.09. The molecule has 6 nitrogen and oxygen atoms in total. The third-order valence-electron chi connectivity index (χ3n) is 7.13. The van der Waals surface area contributed by atoms with Crippen LogP contribution in [0, 0.1) is 0 Å². The van der Waals surface area contributed by atoms with E-state index in [0.29, 0.717) is 25.7 Å². The second-order valence-corrected chi connectivity index (χ2v) is 11.7. The second kappa shape index (κ2) is 36.4. The van der Waals surface area contributed by atoms with Crippen LogP contribution in [0.25, 0.3) is 0 Å². The molecule has 0 amide bonds. The summed E-state index contributed by atoms with van der Waals surface area (Å²) >= 11 is 0. The minimum atomic E-state index is -0.816. The van der Waals surface area contributed by atoms with E-state index in [0.717, 1.165) is 89.9 Å². The van der Waals surface area contributed by atoms with Crippen LogP contribution < -0.4 is 0 Å². The van der Waals surface area contributed by atoms with Gasteiger partial charge in [0.25, 0.3) is 0 Å². The van der Waals surface area contributed by atoms with E-state index in [2.05, 4.69) is 106 Å². The standard InChI is InChI=1S/C42H66O6/c1-4-7-10-13-16-19-20-21-24-26-29-32-35-41(44)47-38-39(48-42(45)36-33-30-27-23-18-15-12-9-6-3)37-46-40(43)34-31-28-25-22-17-14-11-8-5-2/h7-12,16-19,21-24,39H,4-6,13-15,20,25-38H2,1-3H3/b10-7-,11-8-,12-9-,19-16-,22-17-,23-18-,24-21-. The lowest BCUT2D eigenvalue weighted by molar-refractivity contribution is -0.167. The molecule has 0 aliphatic carbocycles. The van der Waals surface area contributed by atoms with Gasteiger partial charge in [0.05, 0.1) is 0 Å². The molecular weight excluding hydrogens is 600 g/mol. The Balaban J connectivity index is 4.54. The van der Waals surface area contributed by atoms with Gasteiger partial charge < -0.3 is 14.2 Å². The van der Waals surface area contributed by atoms with Crippen molar-refractivity contribution in [3.8, 4) is 0 Å². The summed E-state index contributed by atoms with van der Waals surface area (Å²) in [6.45, 7) is 6.11. The van der Waals surface area contributed by atoms with Crippen molar-refractivity contribution in [2.75, 3.05) is 13.2 Å². The van der Waals surface area contributed by atoms with E-state index >= 15 is 0 Å². The van der Waals surface area contributed by atoms with Gasteiger partial charge in [-0.25, -0.2) is 0 Å². The molecule has 0 rings (SSSR count). The number of unbranched alkanes of at least 4 members (excludes halogenated alkanes) is 6. The van der Waals surface area contributed by atoms with E-state index in [1.165, 1.54) is 0 Å². The van der Waals surface area contributed by atoms with E-state index in [-0.39, 0.29) is 37.5 Å². The summed E-state index contributed by atoms with van der Waals surface area (Å²) in [4.78, 5) is 37.3. The van der Waals surface area contributed by atoms with Crippen LogP contribution >= 0.6 is 0 Å². The third kappa shape index (κ3) is 33.9. The molecule has 0 bridgehead atoms. The SMILES string of the molecule is CC/C=C\C/C=C\C/C=C\CCCCC(=O)OCC(COC(=O)CCCC/C=C\C/C=C\CC)OC(=O)CCCC/C=C\C/C=C\CC. The molecule has 1 unspecified atom stereocenters. The number of carbonyl (C=O) groups is 3. The normalized spacial score (nSPS) is 13.0. The molecule has 48 heavy (non-hydrogen) atoms. The predicted octanol–water partition coefficient (Wildman–Crippen LogP) is 11.3. The summed E-state index contributed by atoms with van der Waals surface area (Å²) in [5, 5.41) is 0. The summed E-state index contributed by atoms with van der Waals surface area (Å²) in [7, 11) is 0. The maximum Gasteiger partial charge on any atom is 0.306 e. The van der Waals surface area contributed by atoms with Gasteiger partial charge >= 0.3 is 17.9 Å². The highest BCUT2D eigenvalue weighted by molar-refractivity contribution is 5.71. The first-order valence-corrected chi connectivity index (χ1v) is 18.6. The first-order valence-electron chi connectivity index (χ1n) is 18.6. The van der Waals surface area contributed by atoms with E-state index < -0.39 is 6.10 Å². The summed E-state index contributed by atoms with van der Waals surface area (Å²) in [6, 6.07) is 0. The molecule has 1 atom stereocenters. The number of hydrogen-bond donors (Lipinski definition) is 0. The molecule has 0 spiro atoms. The lowest BCUT2D eigenvalue weighted by Crippen LogP contribution is -2.30. The summed E-state index contributed by atoms with van der Waals surface area (Å²) < 4.78 is 16.4. The second-order valence-electron chi connectivity index (χ2n) is 11.7. The molecular formula is C42H66O6. The van der Waals surface area contributed by atoms with E-state index in [1.807, 2.05) is 0 Å². The van der Waals surface area contributed by atoms with E-state index in [1.54, 1.807) is 0 Å². The first kappa shape index (κ1) is 44.6. The van der Waals surface area contributed by atoms with Crippen LogP contribution in [0.3, 0.4) is 0 Å². The van der Waals surface area contributed by atoms with E-state index in [9.17, 15) is 14.4 Å². The lowest BCUT2D eigenvalue weighted by atomic mass is 10.1. The molecule has 0 aromatic carbocycles. The van der Waals surface area contributed by atoms with Crippen LogP contribution in [0.5, 0.6) is 0 Å². The molecule has 0 N–H and O–H groups in total. The quantitative estimate of drug-likeness (QED) is 0.0317. The minimum absolute atomic E-state index is 0.121. The van der Waals surface area contributed by atoms with Crippen molar-refractivity contribution in [3.63, 3.8) is 0 Å². The van der Waals surface area contributed by atoms with Crippen molar-refractivity contribution in [1.29, 1.82) is 0 Å². The van der Waals surface area contributed by atoms with Crippen molar-refractivity contribution in [2.45, 2.75) is 149 Å². The molecule has 0 aromatic heterocycles. The number of ether oxygens (including phenoxy) is 3. The molecule has 0 aromatic rings. The van der Waals surface area contributed by atoms with Gasteiger partial charge in [0.15, 0.2) is 6.10 Å². The highest BCUT2D eigenvalue weighted by atomic mass is 16.6. The fourth-order valence-electron chi connectivity index (χ4n) is 4.41. The maximum absolute atomic E-state index is 12.5. The highest BCUT2D eigenvalue weighted by Gasteiger charge is 2.19. The van der Waals surface area contributed by atoms with Gasteiger partial charge in [0.1, 0.15) is 13.2 Å². The predicted molar refractivity (Wildman–Crippen MR) is 201 cm³/mol. The fourth-order valence-corrected chi connectivity index (χ4v) is 4.41. The number of hydrogen-bond acceptors (Lipinski definition) is 6. The number of esters is 3. The monoisotopic (exact) mass is 666 g/mol. The van der Waals surface area contributed by atoms with Crippen molar-refractivity contribution < 1.29 is 28.6 Å². The van der Waals surface area contributed by atoms with Crippen molar-refractivity contribution in [1.82, 2.24) is 0 Å². The van der Waals surface area contributed by atoms with Crippen LogP contribution in [0.1, 0.15) is 143 Å². The Morgan fingerprint density at radius 1 is 0.417 bits per heavy atom. The first-order chi connectivity index (χ1) is 23.5. The molecule has 0 saturated carbocycles. The van der Waals surface area contributed by atoms with Gasteiger partial charge in [0.2, 0.25) is 0 Å². The molecule has 0 fully saturated rings. The Labute approximate surface area is 293 Å². The Bertz CT molecular complexity index is 998. The Kier molecular flexibility index (Phi) is 33.8. The van der Waals surface area contributed by atoms with Crippen LogP contribution in [0.2, 0.25) is 0 Å². The Hall–Kier alpha value is -3.41. The van der Waals surface area contributed by atoms with Crippen LogP contribution in [-0.2, 0) is 28.6 Å². The summed E-state index contributed by atoms with van der Waals surface area (Å²) in [5.41, 5.74) is 0. The average Bonchev–Trinajstić information content (AvgIpc) is 3.08. The van der Waals surface area contributed by atoms with Crippen LogP contribution in [0.4, 0.5) is 0 Å². The molecule has 0 aliphatic heterocycles. The van der Waals surface area contributed by atoms with Gasteiger partial charge in [0, 0.05) is 19.3 Å². The fraction of sp³-hybridized carbons (Fsp3) is 0.595. The molecule has 0 radical (unpaired) electrons. The zero-order valence-electron chi connectivity index (χ0n) is 30.5. The van der Waals surface area contributed by atoms with Crippen molar-refractivity contribution in [3.05, 3.63) is 85.1 Å². The maximum atomic E-state index is 12.5. The van der Waals surface area contributed by atoms with Crippen molar-refractivity contribution in [2.24, 2.45) is 0 Å². The topological polar surface area (TPSA) is 78.9 Å². The van der Waals surface area contributed by atoms with Crippen molar-refractivity contribution >= 4 is 17.9 Å². The van der Waals surface area contributed by atoms with Gasteiger partial charge in [-0.15, -0.1) is 0 Å². The minimum Gasteiger partial charge on any atom is -0.462 e. The summed E-state index contributed by atoms with van der Waals surface area (Å²) in [5.74, 6) is -1.05. The Morgan fingerprint density at radius 2 is 0.729 bits per heavy atom. The van der Waals surface area contributed by atoms with Crippen LogP contribution in [-0.4, -0.2) is 37.2 Å². The zero-order valence-corrected chi connectivity index (χ0v) is 30.5.